The number of benzene rings is 1. The first-order valence-electron chi connectivity index (χ1n) is 7.67. The first-order chi connectivity index (χ1) is 10.9. The van der Waals surface area contributed by atoms with Gasteiger partial charge < -0.3 is 11.5 Å². The number of nitrogens with one attached hydrogen (secondary N) is 2. The predicted octanol–water partition coefficient (Wildman–Crippen LogP) is 3.10. The van der Waals surface area contributed by atoms with E-state index in [2.05, 4.69) is 0 Å². The van der Waals surface area contributed by atoms with Gasteiger partial charge in [-0.15, -0.1) is 0 Å². The Balaban J connectivity index is 0.000000273. The third kappa shape index (κ3) is 5.14. The van der Waals surface area contributed by atoms with Crippen molar-refractivity contribution in [3.05, 3.63) is 46.1 Å². The average Bonchev–Trinajstić information content (AvgIpc) is 2.87. The molecule has 3 unspecified atom stereocenters. The molecule has 8 heteroatoms. The van der Waals surface area contributed by atoms with Crippen LogP contribution < -0.4 is 5.56 Å². The first kappa shape index (κ1) is 21.3. The molecule has 1 aromatic heterocycles. The number of carboxylic acids is 1. The van der Waals surface area contributed by atoms with Crippen LogP contribution in [0.3, 0.4) is 0 Å². The summed E-state index contributed by atoms with van der Waals surface area (Å²) in [5.74, 6) is -0.960. The summed E-state index contributed by atoms with van der Waals surface area (Å²) >= 11 is -0.203. The zero-order valence-corrected chi connectivity index (χ0v) is 17.3. The molecule has 136 valence electrons. The standard InChI is InChI=1S/C10H9NO3Se.C6H12N2.Pt/c1-6(10(13)14)11-9(12)7-4-2-3-5-8(7)15-11;7-5-3-1-2-4-6(5)8;/h2-6H,1H3,(H,13,14);5-8H,1-4H2;/q;-2;. The summed E-state index contributed by atoms with van der Waals surface area (Å²) in [5.41, 5.74) is 14.4. The first-order valence-corrected chi connectivity index (χ1v) is 9.29. The molecule has 0 amide bonds. The molecule has 3 rings (SSSR count). The van der Waals surface area contributed by atoms with E-state index in [1.54, 1.807) is 12.1 Å². The van der Waals surface area contributed by atoms with Crippen molar-refractivity contribution >= 4 is 30.3 Å². The van der Waals surface area contributed by atoms with Crippen LogP contribution in [-0.4, -0.2) is 41.5 Å². The van der Waals surface area contributed by atoms with Crippen LogP contribution in [0.2, 0.25) is 0 Å². The van der Waals surface area contributed by atoms with Gasteiger partial charge in [0.15, 0.2) is 0 Å². The molecule has 0 spiro atoms. The zero-order valence-electron chi connectivity index (χ0n) is 13.3. The number of aromatic nitrogens is 1. The Labute approximate surface area is 161 Å². The second-order valence-electron chi connectivity index (χ2n) is 5.73. The van der Waals surface area contributed by atoms with E-state index in [9.17, 15) is 9.59 Å². The number of carbonyl (C=O) groups is 1. The van der Waals surface area contributed by atoms with Crippen molar-refractivity contribution in [1.29, 1.82) is 0 Å². The quantitative estimate of drug-likeness (QED) is 0.555. The Bertz CT molecular complexity index is 721. The SMILES string of the molecule is CC(C(=O)O)n1[se]c2ccccc2c1=O.[NH-]C1CCCCC1[NH-].[Pt]. The van der Waals surface area contributed by atoms with E-state index in [1.165, 1.54) is 23.3 Å². The van der Waals surface area contributed by atoms with Crippen molar-refractivity contribution < 1.29 is 31.0 Å². The Kier molecular flexibility index (Phi) is 8.61. The summed E-state index contributed by atoms with van der Waals surface area (Å²) in [6.45, 7) is 1.54. The minimum Gasteiger partial charge on any atom is -0.676 e. The Morgan fingerprint density at radius 3 is 2.25 bits per heavy atom. The van der Waals surface area contributed by atoms with E-state index in [0.29, 0.717) is 5.39 Å². The number of carboxylic acid groups (broad SMARTS) is 1. The summed E-state index contributed by atoms with van der Waals surface area (Å²) in [6, 6.07) is 6.37. The van der Waals surface area contributed by atoms with Crippen molar-refractivity contribution in [3.63, 3.8) is 0 Å². The van der Waals surface area contributed by atoms with Gasteiger partial charge >= 0.3 is 91.4 Å². The van der Waals surface area contributed by atoms with Crippen LogP contribution >= 0.6 is 0 Å². The normalized spacial score (nSPS) is 21.3. The molecule has 6 nitrogen and oxygen atoms in total. The third-order valence-electron chi connectivity index (χ3n) is 3.99. The fourth-order valence-corrected chi connectivity index (χ4v) is 4.65. The van der Waals surface area contributed by atoms with Gasteiger partial charge in [-0.2, -0.15) is 12.1 Å². The van der Waals surface area contributed by atoms with Crippen LogP contribution in [0.15, 0.2) is 29.1 Å². The number of aliphatic carboxylic acids is 1. The molecular weight excluding hydrogens is 556 g/mol. The maximum atomic E-state index is 11.8. The van der Waals surface area contributed by atoms with Crippen molar-refractivity contribution in [3.8, 4) is 0 Å². The zero-order chi connectivity index (χ0) is 17.0. The van der Waals surface area contributed by atoms with E-state index in [1.807, 2.05) is 12.1 Å². The molecule has 1 saturated carbocycles. The van der Waals surface area contributed by atoms with E-state index < -0.39 is 12.0 Å². The molecule has 0 aliphatic heterocycles. The molecule has 0 radical (unpaired) electrons. The minimum atomic E-state index is -0.960. The summed E-state index contributed by atoms with van der Waals surface area (Å²) in [7, 11) is 0. The largest absolute Gasteiger partial charge is 0.676 e. The summed E-state index contributed by atoms with van der Waals surface area (Å²) in [4.78, 5) is 22.6. The Hall–Kier alpha value is -0.712. The monoisotopic (exact) mass is 578 g/mol. The van der Waals surface area contributed by atoms with Crippen molar-refractivity contribution in [2.75, 3.05) is 0 Å². The molecule has 1 aliphatic rings. The van der Waals surface area contributed by atoms with E-state index in [-0.39, 0.29) is 53.4 Å². The van der Waals surface area contributed by atoms with Gasteiger partial charge in [0.2, 0.25) is 0 Å². The second-order valence-corrected chi connectivity index (χ2v) is 7.86. The van der Waals surface area contributed by atoms with Gasteiger partial charge in [0.05, 0.1) is 0 Å². The molecular formula is C16H21N3O3PtSe-2. The fourth-order valence-electron chi connectivity index (χ4n) is 2.48. The second kappa shape index (κ2) is 9.69. The van der Waals surface area contributed by atoms with Gasteiger partial charge in [-0.05, 0) is 0 Å². The fraction of sp³-hybridized carbons (Fsp3) is 0.500. The van der Waals surface area contributed by atoms with Gasteiger partial charge in [-0.1, -0.05) is 25.7 Å². The molecule has 1 fully saturated rings. The topological polar surface area (TPSA) is 107 Å². The summed E-state index contributed by atoms with van der Waals surface area (Å²) < 4.78 is 2.39. The van der Waals surface area contributed by atoms with Crippen LogP contribution in [-0.2, 0) is 25.9 Å². The predicted molar refractivity (Wildman–Crippen MR) is 92.2 cm³/mol. The molecule has 0 bridgehead atoms. The van der Waals surface area contributed by atoms with Gasteiger partial charge in [0, 0.05) is 21.1 Å². The van der Waals surface area contributed by atoms with Gasteiger partial charge in [-0.3, -0.25) is 0 Å². The Morgan fingerprint density at radius 1 is 1.25 bits per heavy atom. The molecule has 3 atom stereocenters. The van der Waals surface area contributed by atoms with Crippen molar-refractivity contribution in [1.82, 2.24) is 3.56 Å². The Morgan fingerprint density at radius 2 is 1.79 bits per heavy atom. The van der Waals surface area contributed by atoms with Crippen LogP contribution in [0.25, 0.3) is 21.1 Å². The van der Waals surface area contributed by atoms with Gasteiger partial charge in [0.25, 0.3) is 0 Å². The van der Waals surface area contributed by atoms with E-state index in [0.717, 1.165) is 17.1 Å². The summed E-state index contributed by atoms with van der Waals surface area (Å²) in [6.07, 6.45) is 4.25. The van der Waals surface area contributed by atoms with Crippen LogP contribution in [0, 0.1) is 0 Å². The summed E-state index contributed by atoms with van der Waals surface area (Å²) in [5, 5.41) is 9.50. The van der Waals surface area contributed by atoms with Crippen LogP contribution in [0.5, 0.6) is 0 Å². The maximum absolute atomic E-state index is 11.8. The van der Waals surface area contributed by atoms with Crippen molar-refractivity contribution in [2.45, 2.75) is 50.7 Å². The molecule has 0 saturated heterocycles. The molecule has 24 heavy (non-hydrogen) atoms. The number of hydrogen-bond donors (Lipinski definition) is 1. The molecule has 2 aromatic rings. The number of fused-ring (bicyclic) bond motifs is 1. The number of rotatable bonds is 2. The molecule has 1 aromatic carbocycles. The van der Waals surface area contributed by atoms with Gasteiger partial charge in [0.1, 0.15) is 0 Å². The number of nitrogens with zero attached hydrogens (tertiary/aromatic N) is 1. The average molecular weight is 577 g/mol. The smallest absolute Gasteiger partial charge is 0 e. The maximum Gasteiger partial charge on any atom is 0 e. The molecule has 3 N–H and O–H groups in total. The van der Waals surface area contributed by atoms with E-state index >= 15 is 0 Å². The minimum absolute atomic E-state index is 0. The third-order valence-corrected chi connectivity index (χ3v) is 6.57. The van der Waals surface area contributed by atoms with Gasteiger partial charge in [-0.25, -0.2) is 0 Å². The van der Waals surface area contributed by atoms with Crippen molar-refractivity contribution in [2.24, 2.45) is 0 Å². The molecule has 1 aliphatic carbocycles. The molecule has 1 heterocycles. The van der Waals surface area contributed by atoms with Crippen LogP contribution in [0.4, 0.5) is 0 Å². The van der Waals surface area contributed by atoms with E-state index in [4.69, 9.17) is 16.6 Å². The van der Waals surface area contributed by atoms with Crippen LogP contribution in [0.1, 0.15) is 38.6 Å². The number of hydrogen-bond acceptors (Lipinski definition) is 2.